The van der Waals surface area contributed by atoms with Crippen molar-refractivity contribution in [2.75, 3.05) is 10.8 Å². The van der Waals surface area contributed by atoms with Gasteiger partial charge in [-0.15, -0.1) is 0 Å². The van der Waals surface area contributed by atoms with Crippen LogP contribution in [0.5, 0.6) is 0 Å². The van der Waals surface area contributed by atoms with Crippen LogP contribution in [0.4, 0.5) is 18.9 Å². The molecule has 0 bridgehead atoms. The Balaban J connectivity index is 1.60. The molecule has 7 nitrogen and oxygen atoms in total. The molecule has 0 radical (unpaired) electrons. The molecule has 0 amide bonds. The molecule has 0 fully saturated rings. The van der Waals surface area contributed by atoms with E-state index >= 15 is 0 Å². The average Bonchev–Trinajstić information content (AvgIpc) is 3.13. The fourth-order valence-corrected chi connectivity index (χ4v) is 5.26. The molecule has 2 aromatic carbocycles. The predicted octanol–water partition coefficient (Wildman–Crippen LogP) is 4.69. The molecule has 0 atom stereocenters. The summed E-state index contributed by atoms with van der Waals surface area (Å²) in [5.74, 6) is 0.184. The molecule has 0 saturated heterocycles. The van der Waals surface area contributed by atoms with Crippen molar-refractivity contribution in [3.8, 4) is 5.82 Å². The summed E-state index contributed by atoms with van der Waals surface area (Å²) in [6, 6.07) is 16.1. The Kier molecular flexibility index (Phi) is 6.77. The Morgan fingerprint density at radius 1 is 1.00 bits per heavy atom. The Hall–Kier alpha value is -3.86. The van der Waals surface area contributed by atoms with Crippen molar-refractivity contribution in [2.24, 2.45) is 0 Å². The highest BCUT2D eigenvalue weighted by Crippen LogP contribution is 2.29. The van der Waals surface area contributed by atoms with E-state index in [-0.39, 0.29) is 23.7 Å². The van der Waals surface area contributed by atoms with Crippen molar-refractivity contribution in [1.82, 2.24) is 14.8 Å². The number of aromatic amines is 1. The zero-order chi connectivity index (χ0) is 26.1. The van der Waals surface area contributed by atoms with E-state index in [1.807, 2.05) is 0 Å². The van der Waals surface area contributed by atoms with E-state index in [2.05, 4.69) is 10.1 Å². The number of pyridine rings is 1. The van der Waals surface area contributed by atoms with E-state index in [1.165, 1.54) is 39.4 Å². The van der Waals surface area contributed by atoms with E-state index in [0.29, 0.717) is 22.5 Å². The standard InChI is InChI=1S/C25H23F3N4O3S/c1-3-31(20-7-5-4-6-8-20)36(34,35)21-13-14-23(29-16-21)32-24(33)22(17(2)30-32)15-18-9-11-19(12-10-18)25(26,27)28/h4-14,16,30H,3,15H2,1-2H3. The summed E-state index contributed by atoms with van der Waals surface area (Å²) in [6.07, 6.45) is -3.12. The fourth-order valence-electron chi connectivity index (χ4n) is 3.84. The molecule has 36 heavy (non-hydrogen) atoms. The number of halogens is 3. The monoisotopic (exact) mass is 516 g/mol. The second kappa shape index (κ2) is 9.65. The van der Waals surface area contributed by atoms with E-state index in [1.54, 1.807) is 44.2 Å². The third kappa shape index (κ3) is 4.92. The number of benzene rings is 2. The molecule has 11 heteroatoms. The summed E-state index contributed by atoms with van der Waals surface area (Å²) in [5, 5.41) is 2.90. The topological polar surface area (TPSA) is 88.1 Å². The molecule has 0 spiro atoms. The number of alkyl halides is 3. The van der Waals surface area contributed by atoms with Gasteiger partial charge in [0, 0.05) is 30.4 Å². The summed E-state index contributed by atoms with van der Waals surface area (Å²) in [7, 11) is -3.88. The van der Waals surface area contributed by atoms with Crippen LogP contribution >= 0.6 is 0 Å². The summed E-state index contributed by atoms with van der Waals surface area (Å²) < 4.78 is 67.2. The van der Waals surface area contributed by atoms with Crippen LogP contribution in [0.15, 0.2) is 82.6 Å². The highest BCUT2D eigenvalue weighted by atomic mass is 32.2. The lowest BCUT2D eigenvalue weighted by Gasteiger charge is -2.22. The molecule has 0 unspecified atom stereocenters. The number of H-pyrrole nitrogens is 1. The first-order valence-corrected chi connectivity index (χ1v) is 12.5. The van der Waals surface area contributed by atoms with Gasteiger partial charge in [0.25, 0.3) is 15.6 Å². The van der Waals surface area contributed by atoms with Gasteiger partial charge in [-0.1, -0.05) is 30.3 Å². The smallest absolute Gasteiger partial charge is 0.294 e. The van der Waals surface area contributed by atoms with Crippen molar-refractivity contribution < 1.29 is 21.6 Å². The van der Waals surface area contributed by atoms with Crippen LogP contribution in [0, 0.1) is 6.92 Å². The number of hydrogen-bond donors (Lipinski definition) is 1. The minimum Gasteiger partial charge on any atom is -0.294 e. The Labute approximate surface area is 205 Å². The predicted molar refractivity (Wildman–Crippen MR) is 130 cm³/mol. The lowest BCUT2D eigenvalue weighted by Crippen LogP contribution is -2.30. The molecular formula is C25H23F3N4O3S. The van der Waals surface area contributed by atoms with Gasteiger partial charge < -0.3 is 0 Å². The van der Waals surface area contributed by atoms with Gasteiger partial charge in [-0.2, -0.15) is 13.2 Å². The summed E-state index contributed by atoms with van der Waals surface area (Å²) in [6.45, 7) is 3.62. The maximum absolute atomic E-state index is 13.2. The van der Waals surface area contributed by atoms with Crippen LogP contribution in [0.3, 0.4) is 0 Å². The highest BCUT2D eigenvalue weighted by molar-refractivity contribution is 7.92. The maximum atomic E-state index is 13.2. The molecule has 2 heterocycles. The molecule has 1 N–H and O–H groups in total. The number of para-hydroxylation sites is 1. The SMILES string of the molecule is CCN(c1ccccc1)S(=O)(=O)c1ccc(-n2[nH]c(C)c(Cc3ccc(C(F)(F)F)cc3)c2=O)nc1. The second-order valence-electron chi connectivity index (χ2n) is 8.08. The van der Waals surface area contributed by atoms with Gasteiger partial charge in [-0.25, -0.2) is 18.1 Å². The molecule has 0 saturated carbocycles. The minimum absolute atomic E-state index is 0.0294. The minimum atomic E-state index is -4.43. The summed E-state index contributed by atoms with van der Waals surface area (Å²) in [4.78, 5) is 17.2. The lowest BCUT2D eigenvalue weighted by molar-refractivity contribution is -0.137. The first kappa shape index (κ1) is 25.2. The van der Waals surface area contributed by atoms with Crippen LogP contribution in [-0.2, 0) is 22.6 Å². The van der Waals surface area contributed by atoms with E-state index in [9.17, 15) is 26.4 Å². The van der Waals surface area contributed by atoms with Gasteiger partial charge in [0.15, 0.2) is 5.82 Å². The molecule has 4 aromatic rings. The fraction of sp³-hybridized carbons (Fsp3) is 0.200. The number of hydrogen-bond acceptors (Lipinski definition) is 4. The Bertz CT molecular complexity index is 1510. The van der Waals surface area contributed by atoms with Gasteiger partial charge in [0.1, 0.15) is 4.90 Å². The van der Waals surface area contributed by atoms with E-state index < -0.39 is 27.3 Å². The van der Waals surface area contributed by atoms with Gasteiger partial charge >= 0.3 is 6.18 Å². The molecule has 188 valence electrons. The van der Waals surface area contributed by atoms with Crippen LogP contribution < -0.4 is 9.86 Å². The number of sulfonamides is 1. The number of aryl methyl sites for hydroxylation is 1. The molecule has 0 aliphatic carbocycles. The number of anilines is 1. The Morgan fingerprint density at radius 3 is 2.22 bits per heavy atom. The lowest BCUT2D eigenvalue weighted by atomic mass is 10.0. The molecule has 4 rings (SSSR count). The highest BCUT2D eigenvalue weighted by Gasteiger charge is 2.30. The van der Waals surface area contributed by atoms with Crippen molar-refractivity contribution in [3.63, 3.8) is 0 Å². The van der Waals surface area contributed by atoms with Gasteiger partial charge in [0.05, 0.1) is 11.3 Å². The molecule has 0 aliphatic rings. The van der Waals surface area contributed by atoms with E-state index in [4.69, 9.17) is 0 Å². The summed E-state index contributed by atoms with van der Waals surface area (Å²) >= 11 is 0. The first-order chi connectivity index (χ1) is 17.0. The molecule has 0 aliphatic heterocycles. The molecular weight excluding hydrogens is 493 g/mol. The van der Waals surface area contributed by atoms with Crippen molar-refractivity contribution in [2.45, 2.75) is 31.3 Å². The van der Waals surface area contributed by atoms with Crippen LogP contribution in [0.2, 0.25) is 0 Å². The maximum Gasteiger partial charge on any atom is 0.416 e. The van der Waals surface area contributed by atoms with Crippen LogP contribution in [0.1, 0.15) is 29.3 Å². The third-order valence-corrected chi connectivity index (χ3v) is 7.61. The first-order valence-electron chi connectivity index (χ1n) is 11.0. The van der Waals surface area contributed by atoms with Crippen LogP contribution in [0.25, 0.3) is 5.82 Å². The number of rotatable bonds is 7. The largest absolute Gasteiger partial charge is 0.416 e. The van der Waals surface area contributed by atoms with Gasteiger partial charge in [0.2, 0.25) is 0 Å². The normalized spacial score (nSPS) is 12.0. The quantitative estimate of drug-likeness (QED) is 0.386. The summed E-state index contributed by atoms with van der Waals surface area (Å²) in [5.41, 5.74) is 0.782. The number of aromatic nitrogens is 3. The van der Waals surface area contributed by atoms with Crippen molar-refractivity contribution in [1.29, 1.82) is 0 Å². The average molecular weight is 517 g/mol. The van der Waals surface area contributed by atoms with Gasteiger partial charge in [-0.05, 0) is 55.8 Å². The van der Waals surface area contributed by atoms with Gasteiger partial charge in [-0.3, -0.25) is 14.2 Å². The van der Waals surface area contributed by atoms with Crippen LogP contribution in [-0.4, -0.2) is 29.7 Å². The third-order valence-electron chi connectivity index (χ3n) is 5.72. The van der Waals surface area contributed by atoms with Crippen molar-refractivity contribution in [3.05, 3.63) is 106 Å². The number of nitrogens with one attached hydrogen (secondary N) is 1. The second-order valence-corrected chi connectivity index (χ2v) is 9.95. The molecule has 2 aromatic heterocycles. The Morgan fingerprint density at radius 2 is 1.67 bits per heavy atom. The zero-order valence-corrected chi connectivity index (χ0v) is 20.3. The van der Waals surface area contributed by atoms with Crippen molar-refractivity contribution >= 4 is 15.7 Å². The van der Waals surface area contributed by atoms with E-state index in [0.717, 1.165) is 12.1 Å². The zero-order valence-electron chi connectivity index (χ0n) is 19.5. The number of nitrogens with zero attached hydrogens (tertiary/aromatic N) is 3.